The molecular formula is C23H18Cl2N4O6. The summed E-state index contributed by atoms with van der Waals surface area (Å²) in [5.41, 5.74) is 3.31. The molecule has 10 nitrogen and oxygen atoms in total. The van der Waals surface area contributed by atoms with Gasteiger partial charge in [0.1, 0.15) is 0 Å². The number of nitro benzene ring substituents is 1. The number of nitro groups is 1. The van der Waals surface area contributed by atoms with Crippen molar-refractivity contribution in [2.24, 2.45) is 5.10 Å². The Labute approximate surface area is 209 Å². The molecule has 0 aromatic heterocycles. The smallest absolute Gasteiger partial charge is 0.271 e. The molecule has 3 rings (SSSR count). The zero-order valence-electron chi connectivity index (χ0n) is 18.2. The lowest BCUT2D eigenvalue weighted by molar-refractivity contribution is -0.384. The number of nitrogens with zero attached hydrogens (tertiary/aromatic N) is 2. The van der Waals surface area contributed by atoms with Crippen LogP contribution in [0.4, 0.5) is 11.4 Å². The molecule has 0 radical (unpaired) electrons. The molecule has 0 aliphatic carbocycles. The molecule has 3 aromatic rings. The summed E-state index contributed by atoms with van der Waals surface area (Å²) in [4.78, 5) is 34.5. The van der Waals surface area contributed by atoms with Gasteiger partial charge < -0.3 is 14.8 Å². The number of anilines is 1. The van der Waals surface area contributed by atoms with E-state index in [9.17, 15) is 19.7 Å². The van der Waals surface area contributed by atoms with E-state index in [1.165, 1.54) is 43.7 Å². The first-order valence-electron chi connectivity index (χ1n) is 9.91. The summed E-state index contributed by atoms with van der Waals surface area (Å²) in [6.07, 6.45) is 1.32. The fraction of sp³-hybridized carbons (Fsp3) is 0.0870. The third-order valence-corrected chi connectivity index (χ3v) is 5.08. The molecule has 2 amide bonds. The van der Waals surface area contributed by atoms with Gasteiger partial charge >= 0.3 is 0 Å². The lowest BCUT2D eigenvalue weighted by Gasteiger charge is -2.13. The van der Waals surface area contributed by atoms with Crippen LogP contribution in [0.3, 0.4) is 0 Å². The van der Waals surface area contributed by atoms with Crippen LogP contribution in [0.2, 0.25) is 10.0 Å². The number of carbonyl (C=O) groups is 2. The zero-order chi connectivity index (χ0) is 25.4. The minimum Gasteiger partial charge on any atom is -0.493 e. The fourth-order valence-corrected chi connectivity index (χ4v) is 3.26. The van der Waals surface area contributed by atoms with Crippen molar-refractivity contribution in [2.75, 3.05) is 19.0 Å². The number of rotatable bonds is 9. The van der Waals surface area contributed by atoms with E-state index >= 15 is 0 Å². The van der Waals surface area contributed by atoms with Gasteiger partial charge in [0.15, 0.2) is 18.1 Å². The van der Waals surface area contributed by atoms with E-state index in [1.807, 2.05) is 0 Å². The summed E-state index contributed by atoms with van der Waals surface area (Å²) in [7, 11) is 1.40. The van der Waals surface area contributed by atoms with Gasteiger partial charge in [-0.1, -0.05) is 35.3 Å². The van der Waals surface area contributed by atoms with Crippen LogP contribution >= 0.6 is 23.2 Å². The Morgan fingerprint density at radius 3 is 2.46 bits per heavy atom. The van der Waals surface area contributed by atoms with Gasteiger partial charge in [0.2, 0.25) is 0 Å². The predicted molar refractivity (Wildman–Crippen MR) is 132 cm³/mol. The molecule has 0 fully saturated rings. The van der Waals surface area contributed by atoms with Crippen LogP contribution in [-0.4, -0.2) is 36.7 Å². The SMILES string of the molecule is COc1cc(/C=N/NC(=O)c2ccc([N+](=O)[O-])cc2)cc(Cl)c1OCC(=O)Nc1ccccc1Cl. The Morgan fingerprint density at radius 1 is 1.09 bits per heavy atom. The Kier molecular flexibility index (Phi) is 8.60. The number of nitrogens with one attached hydrogen (secondary N) is 2. The van der Waals surface area contributed by atoms with E-state index in [0.717, 1.165) is 0 Å². The monoisotopic (exact) mass is 516 g/mol. The third kappa shape index (κ3) is 6.92. The van der Waals surface area contributed by atoms with E-state index in [1.54, 1.807) is 30.3 Å². The number of halogens is 2. The van der Waals surface area contributed by atoms with Crippen molar-refractivity contribution in [3.8, 4) is 11.5 Å². The highest BCUT2D eigenvalue weighted by atomic mass is 35.5. The maximum Gasteiger partial charge on any atom is 0.271 e. The molecule has 180 valence electrons. The van der Waals surface area contributed by atoms with Crippen molar-refractivity contribution in [1.82, 2.24) is 5.43 Å². The third-order valence-electron chi connectivity index (χ3n) is 4.47. The highest BCUT2D eigenvalue weighted by molar-refractivity contribution is 6.33. The summed E-state index contributed by atoms with van der Waals surface area (Å²) in [6, 6.07) is 14.9. The van der Waals surface area contributed by atoms with Crippen molar-refractivity contribution >= 4 is 52.6 Å². The van der Waals surface area contributed by atoms with E-state index in [-0.39, 0.29) is 34.4 Å². The van der Waals surface area contributed by atoms with Gasteiger partial charge in [-0.05, 0) is 42.0 Å². The van der Waals surface area contributed by atoms with Crippen molar-refractivity contribution in [2.45, 2.75) is 0 Å². The number of hydrazone groups is 1. The average Bonchev–Trinajstić information content (AvgIpc) is 2.84. The topological polar surface area (TPSA) is 132 Å². The average molecular weight is 517 g/mol. The number of para-hydroxylation sites is 1. The fourth-order valence-electron chi connectivity index (χ4n) is 2.81. The summed E-state index contributed by atoms with van der Waals surface area (Å²) in [6.45, 7) is -0.347. The molecule has 0 bridgehead atoms. The first-order chi connectivity index (χ1) is 16.8. The zero-order valence-corrected chi connectivity index (χ0v) is 19.7. The number of benzene rings is 3. The van der Waals surface area contributed by atoms with Crippen LogP contribution in [0.25, 0.3) is 0 Å². The largest absolute Gasteiger partial charge is 0.493 e. The molecular weight excluding hydrogens is 499 g/mol. The standard InChI is InChI=1S/C23H18Cl2N4O6/c1-34-20-11-14(12-26-28-23(31)15-6-8-16(9-7-15)29(32)33)10-18(25)22(20)35-13-21(30)27-19-5-3-2-4-17(19)24/h2-12H,13H2,1H3,(H,27,30)(H,28,31)/b26-12+. The molecule has 2 N–H and O–H groups in total. The van der Waals surface area contributed by atoms with E-state index in [2.05, 4.69) is 15.8 Å². The van der Waals surface area contributed by atoms with Crippen molar-refractivity contribution < 1.29 is 24.0 Å². The van der Waals surface area contributed by atoms with Gasteiger partial charge in [-0.3, -0.25) is 19.7 Å². The van der Waals surface area contributed by atoms with E-state index in [0.29, 0.717) is 16.3 Å². The van der Waals surface area contributed by atoms with E-state index in [4.69, 9.17) is 32.7 Å². The molecule has 0 spiro atoms. The summed E-state index contributed by atoms with van der Waals surface area (Å²) < 4.78 is 10.8. The van der Waals surface area contributed by atoms with Crippen molar-refractivity contribution in [3.05, 3.63) is 92.0 Å². The van der Waals surface area contributed by atoms with Crippen LogP contribution in [0.1, 0.15) is 15.9 Å². The molecule has 12 heteroatoms. The minimum absolute atomic E-state index is 0.129. The normalized spacial score (nSPS) is 10.6. The van der Waals surface area contributed by atoms with Crippen LogP contribution in [-0.2, 0) is 4.79 Å². The second-order valence-corrected chi connectivity index (χ2v) is 7.67. The van der Waals surface area contributed by atoms with Gasteiger partial charge in [-0.2, -0.15) is 5.10 Å². The van der Waals surface area contributed by atoms with Gasteiger partial charge in [0.25, 0.3) is 17.5 Å². The van der Waals surface area contributed by atoms with Gasteiger partial charge in [-0.25, -0.2) is 5.43 Å². The lowest BCUT2D eigenvalue weighted by atomic mass is 10.2. The highest BCUT2D eigenvalue weighted by Gasteiger charge is 2.14. The van der Waals surface area contributed by atoms with Gasteiger partial charge in [0, 0.05) is 17.7 Å². The van der Waals surface area contributed by atoms with Crippen molar-refractivity contribution in [1.29, 1.82) is 0 Å². The Bertz CT molecular complexity index is 1280. The molecule has 3 aromatic carbocycles. The summed E-state index contributed by atoms with van der Waals surface area (Å²) in [5, 5.41) is 17.7. The summed E-state index contributed by atoms with van der Waals surface area (Å²) in [5.74, 6) is -0.615. The molecule has 0 unspecified atom stereocenters. The molecule has 0 saturated heterocycles. The molecule has 0 aliphatic heterocycles. The van der Waals surface area contributed by atoms with Crippen LogP contribution < -0.4 is 20.2 Å². The number of ether oxygens (including phenoxy) is 2. The maximum absolute atomic E-state index is 12.2. The first-order valence-corrected chi connectivity index (χ1v) is 10.7. The highest BCUT2D eigenvalue weighted by Crippen LogP contribution is 2.36. The van der Waals surface area contributed by atoms with Crippen LogP contribution in [0.5, 0.6) is 11.5 Å². The van der Waals surface area contributed by atoms with Crippen LogP contribution in [0.15, 0.2) is 65.8 Å². The van der Waals surface area contributed by atoms with Gasteiger partial charge in [0.05, 0.1) is 34.0 Å². The van der Waals surface area contributed by atoms with Crippen molar-refractivity contribution in [3.63, 3.8) is 0 Å². The quantitative estimate of drug-likeness (QED) is 0.241. The predicted octanol–water partition coefficient (Wildman–Crippen LogP) is 4.69. The first kappa shape index (κ1) is 25.5. The Hall–Kier alpha value is -4.15. The molecule has 0 atom stereocenters. The summed E-state index contributed by atoms with van der Waals surface area (Å²) >= 11 is 12.3. The number of hydrogen-bond donors (Lipinski definition) is 2. The molecule has 0 aliphatic rings. The number of hydrogen-bond acceptors (Lipinski definition) is 7. The second kappa shape index (κ2) is 11.8. The van der Waals surface area contributed by atoms with Crippen LogP contribution in [0, 0.1) is 10.1 Å². The maximum atomic E-state index is 12.2. The Balaban J connectivity index is 1.62. The number of non-ortho nitro benzene ring substituents is 1. The second-order valence-electron chi connectivity index (χ2n) is 6.85. The van der Waals surface area contributed by atoms with Gasteiger partial charge in [-0.15, -0.1) is 0 Å². The molecule has 0 heterocycles. The minimum atomic E-state index is -0.560. The molecule has 35 heavy (non-hydrogen) atoms. The molecule has 0 saturated carbocycles. The van der Waals surface area contributed by atoms with E-state index < -0.39 is 16.7 Å². The number of carbonyl (C=O) groups excluding carboxylic acids is 2. The lowest BCUT2D eigenvalue weighted by Crippen LogP contribution is -2.20. The Morgan fingerprint density at radius 2 is 1.80 bits per heavy atom. The number of methoxy groups -OCH3 is 1. The number of amides is 2.